The van der Waals surface area contributed by atoms with Crippen LogP contribution in [0.2, 0.25) is 0 Å². The minimum absolute atomic E-state index is 0. The van der Waals surface area contributed by atoms with Crippen LogP contribution in [0.5, 0.6) is 5.75 Å². The molecule has 17 heavy (non-hydrogen) atoms. The number of benzene rings is 2. The number of hydrogen-bond acceptors (Lipinski definition) is 1. The van der Waals surface area contributed by atoms with E-state index in [-0.39, 0.29) is 49.6 Å². The van der Waals surface area contributed by atoms with Gasteiger partial charge in [0.1, 0.15) is 5.75 Å². The Morgan fingerprint density at radius 2 is 1.59 bits per heavy atom. The highest BCUT2D eigenvalue weighted by Crippen LogP contribution is 2.23. The molecule has 0 fully saturated rings. The van der Waals surface area contributed by atoms with Crippen LogP contribution < -0.4 is 0 Å². The number of halogens is 4. The van der Waals surface area contributed by atoms with Gasteiger partial charge < -0.3 is 5.11 Å². The van der Waals surface area contributed by atoms with Crippen molar-refractivity contribution < 1.29 is 5.11 Å². The molecule has 0 unspecified atom stereocenters. The molecule has 0 atom stereocenters. The Morgan fingerprint density at radius 3 is 2.18 bits per heavy atom. The van der Waals surface area contributed by atoms with Gasteiger partial charge in [-0.1, -0.05) is 31.2 Å². The number of hydrogen-bond donors (Lipinski definition) is 1. The molecule has 0 aliphatic rings. The maximum Gasteiger partial charge on any atom is 0.116 e. The summed E-state index contributed by atoms with van der Waals surface area (Å²) < 4.78 is 0. The Morgan fingerprint density at radius 1 is 0.941 bits per heavy atom. The smallest absolute Gasteiger partial charge is 0.116 e. The summed E-state index contributed by atoms with van der Waals surface area (Å²) in [6.45, 7) is 2.14. The number of phenolic OH excluding ortho intramolecular Hbond substituents is 1. The molecule has 98 valence electrons. The van der Waals surface area contributed by atoms with Gasteiger partial charge in [0.25, 0.3) is 0 Å². The van der Waals surface area contributed by atoms with Gasteiger partial charge in [0.2, 0.25) is 0 Å². The summed E-state index contributed by atoms with van der Waals surface area (Å²) in [5, 5.41) is 11.6. The molecule has 0 amide bonds. The van der Waals surface area contributed by atoms with Gasteiger partial charge in [-0.3, -0.25) is 0 Å². The van der Waals surface area contributed by atoms with Crippen molar-refractivity contribution in [1.29, 1.82) is 0 Å². The van der Waals surface area contributed by atoms with E-state index in [1.165, 1.54) is 10.9 Å². The Labute approximate surface area is 126 Å². The number of phenols is 1. The molecule has 2 rings (SSSR count). The van der Waals surface area contributed by atoms with Gasteiger partial charge >= 0.3 is 0 Å². The van der Waals surface area contributed by atoms with Crippen LogP contribution in [0.1, 0.15) is 12.5 Å². The summed E-state index contributed by atoms with van der Waals surface area (Å²) in [5.41, 5.74) is 1.33. The second-order valence-electron chi connectivity index (χ2n) is 3.18. The van der Waals surface area contributed by atoms with Gasteiger partial charge in [-0.05, 0) is 34.9 Å². The zero-order chi connectivity index (χ0) is 9.26. The molecular formula is C12H16Cl4O. The fraction of sp³-hybridized carbons (Fsp3) is 0.167. The maximum atomic E-state index is 9.29. The first-order chi connectivity index (χ1) is 6.31. The van der Waals surface area contributed by atoms with E-state index in [2.05, 4.69) is 13.0 Å². The molecule has 0 bridgehead atoms. The van der Waals surface area contributed by atoms with Crippen molar-refractivity contribution >= 4 is 60.4 Å². The molecule has 2 aromatic carbocycles. The van der Waals surface area contributed by atoms with Gasteiger partial charge in [0.05, 0.1) is 0 Å². The molecule has 0 aliphatic heterocycles. The Bertz CT molecular complexity index is 445. The molecule has 0 heterocycles. The topological polar surface area (TPSA) is 20.2 Å². The SMILES string of the molecule is CCc1cccc2cc(O)ccc12.Cl.Cl.Cl.Cl. The molecule has 2 aromatic rings. The summed E-state index contributed by atoms with van der Waals surface area (Å²) in [5.74, 6) is 0.334. The van der Waals surface area contributed by atoms with Crippen LogP contribution in [0, 0.1) is 0 Å². The van der Waals surface area contributed by atoms with E-state index in [1.807, 2.05) is 18.2 Å². The lowest BCUT2D eigenvalue weighted by molar-refractivity contribution is 0.476. The first-order valence-corrected chi connectivity index (χ1v) is 4.52. The summed E-state index contributed by atoms with van der Waals surface area (Å²) in [6, 6.07) is 11.7. The monoisotopic (exact) mass is 316 g/mol. The van der Waals surface area contributed by atoms with Gasteiger partial charge in [-0.15, -0.1) is 49.6 Å². The first kappa shape index (κ1) is 21.9. The van der Waals surface area contributed by atoms with E-state index in [1.54, 1.807) is 12.1 Å². The Hall–Kier alpha value is -0.340. The average Bonchev–Trinajstić information content (AvgIpc) is 2.16. The minimum Gasteiger partial charge on any atom is -0.508 e. The first-order valence-electron chi connectivity index (χ1n) is 4.52. The highest BCUT2D eigenvalue weighted by Gasteiger charge is 1.98. The van der Waals surface area contributed by atoms with E-state index >= 15 is 0 Å². The molecule has 0 radical (unpaired) electrons. The molecule has 1 N–H and O–H groups in total. The standard InChI is InChI=1S/C12H12O.4ClH/c1-2-9-4-3-5-10-8-11(13)6-7-12(9)10;;;;/h3-8,13H,2H2,1H3;4*1H. The third-order valence-electron chi connectivity index (χ3n) is 2.34. The number of fused-ring (bicyclic) bond motifs is 1. The molecule has 0 aromatic heterocycles. The normalized spacial score (nSPS) is 8.06. The van der Waals surface area contributed by atoms with Crippen LogP contribution in [0.15, 0.2) is 36.4 Å². The lowest BCUT2D eigenvalue weighted by Gasteiger charge is -2.03. The Kier molecular flexibility index (Phi) is 12.4. The predicted molar refractivity (Wildman–Crippen MR) is 84.0 cm³/mol. The summed E-state index contributed by atoms with van der Waals surface area (Å²) >= 11 is 0. The second kappa shape index (κ2) is 9.67. The summed E-state index contributed by atoms with van der Waals surface area (Å²) in [6.07, 6.45) is 1.03. The maximum absolute atomic E-state index is 9.29. The average molecular weight is 318 g/mol. The molecule has 0 saturated carbocycles. The highest BCUT2D eigenvalue weighted by atomic mass is 35.5. The van der Waals surface area contributed by atoms with Gasteiger partial charge in [-0.2, -0.15) is 0 Å². The van der Waals surface area contributed by atoms with Crippen molar-refractivity contribution in [2.24, 2.45) is 0 Å². The van der Waals surface area contributed by atoms with Crippen molar-refractivity contribution in [3.8, 4) is 5.75 Å². The largest absolute Gasteiger partial charge is 0.508 e. The molecule has 0 spiro atoms. The summed E-state index contributed by atoms with van der Waals surface area (Å²) in [7, 11) is 0. The molecule has 5 heteroatoms. The van der Waals surface area contributed by atoms with Gasteiger partial charge in [0.15, 0.2) is 0 Å². The van der Waals surface area contributed by atoms with Crippen LogP contribution in [0.4, 0.5) is 0 Å². The van der Waals surface area contributed by atoms with E-state index < -0.39 is 0 Å². The van der Waals surface area contributed by atoms with Crippen LogP contribution in [0.3, 0.4) is 0 Å². The Balaban J connectivity index is -0.000000490. The molecular weight excluding hydrogens is 302 g/mol. The lowest BCUT2D eigenvalue weighted by atomic mass is 10.0. The number of aryl methyl sites for hydroxylation is 1. The quantitative estimate of drug-likeness (QED) is 0.801. The van der Waals surface area contributed by atoms with Gasteiger partial charge in [-0.25, -0.2) is 0 Å². The fourth-order valence-corrected chi connectivity index (χ4v) is 1.65. The number of aromatic hydroxyl groups is 1. The van der Waals surface area contributed by atoms with Crippen molar-refractivity contribution in [3.05, 3.63) is 42.0 Å². The van der Waals surface area contributed by atoms with Crippen molar-refractivity contribution in [3.63, 3.8) is 0 Å². The number of rotatable bonds is 1. The van der Waals surface area contributed by atoms with E-state index in [9.17, 15) is 5.11 Å². The molecule has 0 saturated heterocycles. The van der Waals surface area contributed by atoms with E-state index in [4.69, 9.17) is 0 Å². The zero-order valence-corrected chi connectivity index (χ0v) is 12.5. The lowest BCUT2D eigenvalue weighted by Crippen LogP contribution is -1.82. The van der Waals surface area contributed by atoms with Crippen LogP contribution in [-0.2, 0) is 6.42 Å². The van der Waals surface area contributed by atoms with Crippen LogP contribution in [0.25, 0.3) is 10.8 Å². The predicted octanol–water partition coefficient (Wildman–Crippen LogP) is 4.80. The summed E-state index contributed by atoms with van der Waals surface area (Å²) in [4.78, 5) is 0. The van der Waals surface area contributed by atoms with Crippen molar-refractivity contribution in [2.45, 2.75) is 13.3 Å². The van der Waals surface area contributed by atoms with E-state index in [0.29, 0.717) is 5.75 Å². The second-order valence-corrected chi connectivity index (χ2v) is 3.18. The third-order valence-corrected chi connectivity index (χ3v) is 2.34. The van der Waals surface area contributed by atoms with Crippen molar-refractivity contribution in [1.82, 2.24) is 0 Å². The van der Waals surface area contributed by atoms with Crippen LogP contribution in [-0.4, -0.2) is 5.11 Å². The van der Waals surface area contributed by atoms with E-state index in [0.717, 1.165) is 11.8 Å². The third kappa shape index (κ3) is 4.81. The van der Waals surface area contributed by atoms with Crippen molar-refractivity contribution in [2.75, 3.05) is 0 Å². The highest BCUT2D eigenvalue weighted by molar-refractivity contribution is 5.87. The van der Waals surface area contributed by atoms with Crippen LogP contribution >= 0.6 is 49.6 Å². The fourth-order valence-electron chi connectivity index (χ4n) is 1.65. The van der Waals surface area contributed by atoms with Gasteiger partial charge in [0, 0.05) is 0 Å². The molecule has 1 nitrogen and oxygen atoms in total. The minimum atomic E-state index is 0. The zero-order valence-electron chi connectivity index (χ0n) is 9.25. The molecule has 0 aliphatic carbocycles.